The monoisotopic (exact) mass is 357 g/mol. The summed E-state index contributed by atoms with van der Waals surface area (Å²) in [5.74, 6) is 0.155. The fraction of sp³-hybridized carbons (Fsp3) is 0.231. The molecule has 5 nitrogen and oxygen atoms in total. The van der Waals surface area contributed by atoms with Crippen molar-refractivity contribution in [3.05, 3.63) is 27.7 Å². The molecule has 2 rings (SSSR count). The van der Waals surface area contributed by atoms with Crippen LogP contribution >= 0.6 is 27.3 Å². The Bertz CT molecular complexity index is 641. The van der Waals surface area contributed by atoms with Gasteiger partial charge in [-0.05, 0) is 35.0 Å². The predicted octanol–water partition coefficient (Wildman–Crippen LogP) is 3.68. The Kier molecular flexibility index (Phi) is 4.61. The number of halogens is 1. The lowest BCUT2D eigenvalue weighted by Crippen LogP contribution is -1.97. The van der Waals surface area contributed by atoms with Crippen molar-refractivity contribution in [3.8, 4) is 22.1 Å². The number of benzene rings is 1. The van der Waals surface area contributed by atoms with Gasteiger partial charge in [0.05, 0.1) is 18.2 Å². The van der Waals surface area contributed by atoms with E-state index in [0.717, 1.165) is 10.0 Å². The maximum absolute atomic E-state index is 10.9. The molecule has 0 radical (unpaired) electrons. The number of hydrogen-bond acceptors (Lipinski definition) is 5. The molecule has 7 heteroatoms. The van der Waals surface area contributed by atoms with Crippen molar-refractivity contribution in [2.75, 3.05) is 13.7 Å². The van der Waals surface area contributed by atoms with E-state index in [-0.39, 0.29) is 5.69 Å². The molecule has 1 aromatic heterocycles. The van der Waals surface area contributed by atoms with Crippen LogP contribution in [0.1, 0.15) is 17.4 Å². The second-order valence-corrected chi connectivity index (χ2v) is 5.48. The minimum absolute atomic E-state index is 0.0369. The summed E-state index contributed by atoms with van der Waals surface area (Å²) in [4.78, 5) is 15.0. The van der Waals surface area contributed by atoms with Gasteiger partial charge in [-0.3, -0.25) is 0 Å². The second kappa shape index (κ2) is 6.23. The van der Waals surface area contributed by atoms with Crippen LogP contribution < -0.4 is 9.47 Å². The van der Waals surface area contributed by atoms with Gasteiger partial charge in [0, 0.05) is 10.9 Å². The van der Waals surface area contributed by atoms with E-state index in [1.54, 1.807) is 13.2 Å². The average molecular weight is 358 g/mol. The van der Waals surface area contributed by atoms with Crippen LogP contribution in [0.3, 0.4) is 0 Å². The van der Waals surface area contributed by atoms with E-state index < -0.39 is 5.97 Å². The lowest BCUT2D eigenvalue weighted by molar-refractivity contribution is 0.0691. The topological polar surface area (TPSA) is 68.7 Å². The molecule has 0 unspecified atom stereocenters. The molecule has 2 aromatic rings. The standard InChI is InChI=1S/C13H12BrNO4S/c1-3-19-10-5-7(4-8(14)11(10)18-2)12-15-9(6-20-12)13(16)17/h4-6H,3H2,1-2H3,(H,16,17). The van der Waals surface area contributed by atoms with Crippen LogP contribution in [-0.4, -0.2) is 29.8 Å². The van der Waals surface area contributed by atoms with Crippen molar-refractivity contribution < 1.29 is 19.4 Å². The Morgan fingerprint density at radius 2 is 2.25 bits per heavy atom. The molecule has 0 aliphatic carbocycles. The predicted molar refractivity (Wildman–Crippen MR) is 79.9 cm³/mol. The molecule has 1 aromatic carbocycles. The van der Waals surface area contributed by atoms with Crippen LogP contribution in [0.25, 0.3) is 10.6 Å². The van der Waals surface area contributed by atoms with Crippen molar-refractivity contribution in [1.29, 1.82) is 0 Å². The van der Waals surface area contributed by atoms with Gasteiger partial charge < -0.3 is 14.6 Å². The molecule has 0 atom stereocenters. The maximum Gasteiger partial charge on any atom is 0.355 e. The highest BCUT2D eigenvalue weighted by atomic mass is 79.9. The number of thiazole rings is 1. The van der Waals surface area contributed by atoms with E-state index in [4.69, 9.17) is 14.6 Å². The van der Waals surface area contributed by atoms with Crippen molar-refractivity contribution >= 4 is 33.2 Å². The van der Waals surface area contributed by atoms with Crippen molar-refractivity contribution in [1.82, 2.24) is 4.98 Å². The first kappa shape index (κ1) is 14.8. The van der Waals surface area contributed by atoms with Gasteiger partial charge in [-0.1, -0.05) is 0 Å². The van der Waals surface area contributed by atoms with Gasteiger partial charge in [0.2, 0.25) is 0 Å². The first-order valence-corrected chi connectivity index (χ1v) is 7.43. The number of hydrogen-bond donors (Lipinski definition) is 1. The summed E-state index contributed by atoms with van der Waals surface area (Å²) in [5.41, 5.74) is 0.813. The van der Waals surface area contributed by atoms with Crippen molar-refractivity contribution in [2.24, 2.45) is 0 Å². The maximum atomic E-state index is 10.9. The lowest BCUT2D eigenvalue weighted by Gasteiger charge is -2.12. The summed E-state index contributed by atoms with van der Waals surface area (Å²) in [6.45, 7) is 2.39. The molecule has 0 aliphatic heterocycles. The number of carboxylic acid groups (broad SMARTS) is 1. The smallest absolute Gasteiger partial charge is 0.355 e. The van der Waals surface area contributed by atoms with Crippen molar-refractivity contribution in [3.63, 3.8) is 0 Å². The van der Waals surface area contributed by atoms with Gasteiger partial charge in [0.15, 0.2) is 17.2 Å². The number of aromatic carboxylic acids is 1. The quantitative estimate of drug-likeness (QED) is 0.883. The number of nitrogens with zero attached hydrogens (tertiary/aromatic N) is 1. The number of rotatable bonds is 5. The highest BCUT2D eigenvalue weighted by Gasteiger charge is 2.15. The molecule has 1 heterocycles. The Balaban J connectivity index is 2.48. The van der Waals surface area contributed by atoms with Crippen LogP contribution in [-0.2, 0) is 0 Å². The van der Waals surface area contributed by atoms with E-state index in [1.165, 1.54) is 16.7 Å². The number of methoxy groups -OCH3 is 1. The van der Waals surface area contributed by atoms with E-state index in [0.29, 0.717) is 23.1 Å². The second-order valence-electron chi connectivity index (χ2n) is 3.77. The Morgan fingerprint density at radius 1 is 1.50 bits per heavy atom. The van der Waals surface area contributed by atoms with Gasteiger partial charge in [0.25, 0.3) is 0 Å². The highest BCUT2D eigenvalue weighted by Crippen LogP contribution is 2.40. The summed E-state index contributed by atoms with van der Waals surface area (Å²) in [6.07, 6.45) is 0. The third-order valence-corrected chi connectivity index (χ3v) is 3.96. The van der Waals surface area contributed by atoms with Gasteiger partial charge in [0.1, 0.15) is 5.01 Å². The van der Waals surface area contributed by atoms with Crippen LogP contribution in [0.4, 0.5) is 0 Å². The summed E-state index contributed by atoms with van der Waals surface area (Å²) < 4.78 is 11.5. The normalized spacial score (nSPS) is 10.3. The summed E-state index contributed by atoms with van der Waals surface area (Å²) in [5, 5.41) is 11.0. The first-order valence-electron chi connectivity index (χ1n) is 5.76. The number of carboxylic acids is 1. The van der Waals surface area contributed by atoms with Gasteiger partial charge in [-0.25, -0.2) is 9.78 Å². The molecule has 0 amide bonds. The van der Waals surface area contributed by atoms with Crippen molar-refractivity contribution in [2.45, 2.75) is 6.92 Å². The van der Waals surface area contributed by atoms with Gasteiger partial charge in [-0.2, -0.15) is 0 Å². The zero-order chi connectivity index (χ0) is 14.7. The summed E-state index contributed by atoms with van der Waals surface area (Å²) >= 11 is 4.69. The number of ether oxygens (including phenoxy) is 2. The molecule has 0 fully saturated rings. The molecule has 0 aliphatic rings. The van der Waals surface area contributed by atoms with Gasteiger partial charge >= 0.3 is 5.97 Å². The zero-order valence-corrected chi connectivity index (χ0v) is 13.2. The van der Waals surface area contributed by atoms with Crippen LogP contribution in [0, 0.1) is 0 Å². The fourth-order valence-electron chi connectivity index (χ4n) is 1.66. The molecular weight excluding hydrogens is 346 g/mol. The van der Waals surface area contributed by atoms with Crippen LogP contribution in [0.5, 0.6) is 11.5 Å². The molecule has 20 heavy (non-hydrogen) atoms. The molecule has 0 saturated heterocycles. The Hall–Kier alpha value is -1.60. The third kappa shape index (κ3) is 2.94. The molecule has 0 bridgehead atoms. The molecule has 106 valence electrons. The number of carbonyl (C=O) groups is 1. The molecule has 0 saturated carbocycles. The Labute approximate surface area is 128 Å². The van der Waals surface area contributed by atoms with E-state index >= 15 is 0 Å². The zero-order valence-electron chi connectivity index (χ0n) is 10.8. The minimum Gasteiger partial charge on any atom is -0.492 e. The first-order chi connectivity index (χ1) is 9.56. The minimum atomic E-state index is -1.04. The number of aromatic nitrogens is 1. The third-order valence-electron chi connectivity index (χ3n) is 2.48. The summed E-state index contributed by atoms with van der Waals surface area (Å²) in [7, 11) is 1.56. The fourth-order valence-corrected chi connectivity index (χ4v) is 3.04. The van der Waals surface area contributed by atoms with Gasteiger partial charge in [-0.15, -0.1) is 11.3 Å². The molecular formula is C13H12BrNO4S. The lowest BCUT2D eigenvalue weighted by atomic mass is 10.2. The summed E-state index contributed by atoms with van der Waals surface area (Å²) in [6, 6.07) is 3.61. The largest absolute Gasteiger partial charge is 0.492 e. The van der Waals surface area contributed by atoms with E-state index in [2.05, 4.69) is 20.9 Å². The SMILES string of the molecule is CCOc1cc(-c2nc(C(=O)O)cs2)cc(Br)c1OC. The Morgan fingerprint density at radius 3 is 2.80 bits per heavy atom. The highest BCUT2D eigenvalue weighted by molar-refractivity contribution is 9.10. The van der Waals surface area contributed by atoms with E-state index in [9.17, 15) is 4.79 Å². The van der Waals surface area contributed by atoms with Crippen LogP contribution in [0.2, 0.25) is 0 Å². The van der Waals surface area contributed by atoms with Crippen LogP contribution in [0.15, 0.2) is 22.0 Å². The molecule has 1 N–H and O–H groups in total. The average Bonchev–Trinajstić information content (AvgIpc) is 2.88. The molecule has 0 spiro atoms. The van der Waals surface area contributed by atoms with E-state index in [1.807, 2.05) is 13.0 Å².